The fraction of sp³-hybridized carbons (Fsp3) is 0.833. The molecular weight excluding hydrogens is 338 g/mol. The highest BCUT2D eigenvalue weighted by Gasteiger charge is 2.40. The summed E-state index contributed by atoms with van der Waals surface area (Å²) >= 11 is 0. The number of rotatable bonds is 5. The second-order valence-electron chi connectivity index (χ2n) is 8.97. The molecule has 0 amide bonds. The topological polar surface area (TPSA) is 73.2 Å². The minimum Gasteiger partial charge on any atom is -0.377 e. The number of hydrogen-bond acceptors (Lipinski definition) is 5. The minimum absolute atomic E-state index is 0.163. The number of aromatic nitrogens is 2. The maximum absolute atomic E-state index is 11.8. The van der Waals surface area contributed by atoms with Crippen LogP contribution in [-0.2, 0) is 26.7 Å². The third-order valence-electron chi connectivity index (χ3n) is 5.48. The first-order chi connectivity index (χ1) is 11.6. The van der Waals surface area contributed by atoms with E-state index >= 15 is 0 Å². The summed E-state index contributed by atoms with van der Waals surface area (Å²) in [6.07, 6.45) is 5.86. The Bertz CT molecular complexity index is 707. The standard InChI is InChI=1S/C18H31N3O3S/c1-17(2,3)16-15(5-7-24-16)11-19-9-14-10-20-21(12-14)18(4)6-8-25(22,23)13-18/h10,12,15-16,19H,5-9,11,13H2,1-4H3/t15-,16+,18-/m1/s1. The third kappa shape index (κ3) is 4.26. The summed E-state index contributed by atoms with van der Waals surface area (Å²) < 4.78 is 31.3. The van der Waals surface area contributed by atoms with Crippen LogP contribution < -0.4 is 5.32 Å². The van der Waals surface area contributed by atoms with Gasteiger partial charge in [0.25, 0.3) is 0 Å². The smallest absolute Gasteiger partial charge is 0.152 e. The van der Waals surface area contributed by atoms with Gasteiger partial charge in [0.15, 0.2) is 9.84 Å². The molecular formula is C18H31N3O3S. The summed E-state index contributed by atoms with van der Waals surface area (Å²) in [5.41, 5.74) is 0.848. The molecule has 2 aliphatic heterocycles. The van der Waals surface area contributed by atoms with Crippen LogP contribution in [0.4, 0.5) is 0 Å². The van der Waals surface area contributed by atoms with Crippen molar-refractivity contribution in [2.24, 2.45) is 11.3 Å². The van der Waals surface area contributed by atoms with Crippen LogP contribution >= 0.6 is 0 Å². The number of sulfone groups is 1. The molecule has 2 fully saturated rings. The molecule has 2 saturated heterocycles. The van der Waals surface area contributed by atoms with Gasteiger partial charge in [-0.2, -0.15) is 5.10 Å². The quantitative estimate of drug-likeness (QED) is 0.859. The van der Waals surface area contributed by atoms with Crippen molar-refractivity contribution in [2.75, 3.05) is 24.7 Å². The lowest BCUT2D eigenvalue weighted by Gasteiger charge is -2.31. The van der Waals surface area contributed by atoms with Gasteiger partial charge in [-0.05, 0) is 25.2 Å². The molecule has 0 saturated carbocycles. The van der Waals surface area contributed by atoms with Crippen LogP contribution in [0.3, 0.4) is 0 Å². The van der Waals surface area contributed by atoms with Crippen molar-refractivity contribution in [2.45, 2.75) is 58.7 Å². The Labute approximate surface area is 151 Å². The van der Waals surface area contributed by atoms with E-state index in [1.807, 2.05) is 24.0 Å². The van der Waals surface area contributed by atoms with Crippen LogP contribution in [0.15, 0.2) is 12.4 Å². The van der Waals surface area contributed by atoms with Gasteiger partial charge in [-0.3, -0.25) is 4.68 Å². The maximum atomic E-state index is 11.8. The van der Waals surface area contributed by atoms with E-state index in [1.54, 1.807) is 0 Å². The molecule has 0 radical (unpaired) electrons. The van der Waals surface area contributed by atoms with Crippen LogP contribution in [0.25, 0.3) is 0 Å². The van der Waals surface area contributed by atoms with E-state index in [0.717, 1.165) is 31.7 Å². The first kappa shape index (κ1) is 18.9. The number of ether oxygens (including phenoxy) is 1. The summed E-state index contributed by atoms with van der Waals surface area (Å²) in [7, 11) is -2.93. The summed E-state index contributed by atoms with van der Waals surface area (Å²) in [6.45, 7) is 11.2. The first-order valence-electron chi connectivity index (χ1n) is 9.16. The van der Waals surface area contributed by atoms with Crippen molar-refractivity contribution in [1.82, 2.24) is 15.1 Å². The summed E-state index contributed by atoms with van der Waals surface area (Å²) in [5.74, 6) is 0.973. The van der Waals surface area contributed by atoms with E-state index < -0.39 is 15.4 Å². The predicted octanol–water partition coefficient (Wildman–Crippen LogP) is 1.96. The molecule has 3 rings (SSSR count). The molecule has 25 heavy (non-hydrogen) atoms. The highest BCUT2D eigenvalue weighted by atomic mass is 32.2. The SMILES string of the molecule is CC(C)(C)[C@H]1OCC[C@@H]1CNCc1cnn([C@]2(C)CCS(=O)(=O)C2)c1. The van der Waals surface area contributed by atoms with Gasteiger partial charge >= 0.3 is 0 Å². The molecule has 1 aromatic rings. The van der Waals surface area contributed by atoms with Crippen molar-refractivity contribution >= 4 is 9.84 Å². The average molecular weight is 370 g/mol. The Morgan fingerprint density at radius 1 is 1.44 bits per heavy atom. The Kier molecular flexibility index (Phi) is 5.03. The fourth-order valence-electron chi connectivity index (χ4n) is 4.12. The first-order valence-corrected chi connectivity index (χ1v) is 11.0. The lowest BCUT2D eigenvalue weighted by Crippen LogP contribution is -2.36. The predicted molar refractivity (Wildman–Crippen MR) is 98.2 cm³/mol. The van der Waals surface area contributed by atoms with Crippen molar-refractivity contribution < 1.29 is 13.2 Å². The van der Waals surface area contributed by atoms with Crippen LogP contribution in [-0.4, -0.2) is 49.0 Å². The molecule has 2 aliphatic rings. The van der Waals surface area contributed by atoms with Crippen molar-refractivity contribution in [1.29, 1.82) is 0 Å². The molecule has 3 atom stereocenters. The zero-order chi connectivity index (χ0) is 18.3. The molecule has 0 aliphatic carbocycles. The van der Waals surface area contributed by atoms with Gasteiger partial charge in [0.05, 0.1) is 29.3 Å². The van der Waals surface area contributed by atoms with E-state index in [1.165, 1.54) is 0 Å². The van der Waals surface area contributed by atoms with E-state index in [0.29, 0.717) is 18.4 Å². The normalized spacial score (nSPS) is 32.3. The van der Waals surface area contributed by atoms with E-state index in [-0.39, 0.29) is 16.9 Å². The number of nitrogens with one attached hydrogen (secondary N) is 1. The largest absolute Gasteiger partial charge is 0.377 e. The van der Waals surface area contributed by atoms with Crippen molar-refractivity contribution in [3.05, 3.63) is 18.0 Å². The van der Waals surface area contributed by atoms with E-state index in [9.17, 15) is 8.42 Å². The molecule has 7 heteroatoms. The molecule has 1 aromatic heterocycles. The molecule has 3 heterocycles. The Balaban J connectivity index is 1.54. The molecule has 142 valence electrons. The highest BCUT2D eigenvalue weighted by Crippen LogP contribution is 2.34. The Morgan fingerprint density at radius 2 is 2.20 bits per heavy atom. The Hall–Kier alpha value is -0.920. The van der Waals surface area contributed by atoms with Gasteiger partial charge in [-0.15, -0.1) is 0 Å². The van der Waals surface area contributed by atoms with Gasteiger partial charge in [-0.25, -0.2) is 8.42 Å². The lowest BCUT2D eigenvalue weighted by molar-refractivity contribution is 0.00721. The van der Waals surface area contributed by atoms with Crippen LogP contribution in [0.2, 0.25) is 0 Å². The zero-order valence-corrected chi connectivity index (χ0v) is 16.6. The minimum atomic E-state index is -2.93. The summed E-state index contributed by atoms with van der Waals surface area (Å²) in [5, 5.41) is 7.95. The van der Waals surface area contributed by atoms with E-state index in [4.69, 9.17) is 4.74 Å². The molecule has 0 unspecified atom stereocenters. The van der Waals surface area contributed by atoms with Gasteiger partial charge in [0, 0.05) is 37.4 Å². The monoisotopic (exact) mass is 369 g/mol. The maximum Gasteiger partial charge on any atom is 0.152 e. The third-order valence-corrected chi connectivity index (χ3v) is 7.36. The molecule has 0 spiro atoms. The molecule has 0 bridgehead atoms. The summed E-state index contributed by atoms with van der Waals surface area (Å²) in [6, 6.07) is 0. The van der Waals surface area contributed by atoms with Gasteiger partial charge < -0.3 is 10.1 Å². The zero-order valence-electron chi connectivity index (χ0n) is 15.8. The second-order valence-corrected chi connectivity index (χ2v) is 11.2. The Morgan fingerprint density at radius 3 is 2.84 bits per heavy atom. The summed E-state index contributed by atoms with van der Waals surface area (Å²) in [4.78, 5) is 0. The molecule has 1 N–H and O–H groups in total. The fourth-order valence-corrected chi connectivity index (χ4v) is 6.24. The van der Waals surface area contributed by atoms with E-state index in [2.05, 4.69) is 31.2 Å². The molecule has 0 aromatic carbocycles. The molecule has 6 nitrogen and oxygen atoms in total. The van der Waals surface area contributed by atoms with Gasteiger partial charge in [0.1, 0.15) is 0 Å². The van der Waals surface area contributed by atoms with Crippen molar-refractivity contribution in [3.63, 3.8) is 0 Å². The average Bonchev–Trinajstić information content (AvgIpc) is 3.18. The second kappa shape index (κ2) is 6.67. The number of hydrogen-bond donors (Lipinski definition) is 1. The van der Waals surface area contributed by atoms with Gasteiger partial charge in [-0.1, -0.05) is 20.8 Å². The van der Waals surface area contributed by atoms with Gasteiger partial charge in [0.2, 0.25) is 0 Å². The van der Waals surface area contributed by atoms with Crippen molar-refractivity contribution in [3.8, 4) is 0 Å². The number of nitrogens with zero attached hydrogens (tertiary/aromatic N) is 2. The lowest BCUT2D eigenvalue weighted by atomic mass is 9.81. The van der Waals surface area contributed by atoms with Crippen LogP contribution in [0.5, 0.6) is 0 Å². The van der Waals surface area contributed by atoms with Crippen LogP contribution in [0.1, 0.15) is 46.1 Å². The van der Waals surface area contributed by atoms with Crippen LogP contribution in [0, 0.1) is 11.3 Å². The highest BCUT2D eigenvalue weighted by molar-refractivity contribution is 7.91.